The van der Waals surface area contributed by atoms with Gasteiger partial charge in [0.2, 0.25) is 0 Å². The highest BCUT2D eigenvalue weighted by atomic mass is 127. The summed E-state index contributed by atoms with van der Waals surface area (Å²) in [6.45, 7) is 1.52. The number of hydrogen-bond donors (Lipinski definition) is 3. The fourth-order valence-electron chi connectivity index (χ4n) is 2.88. The second-order valence-corrected chi connectivity index (χ2v) is 6.38. The molecule has 0 bridgehead atoms. The van der Waals surface area contributed by atoms with Gasteiger partial charge in [0.15, 0.2) is 5.96 Å². The highest BCUT2D eigenvalue weighted by Gasteiger charge is 2.04. The molecular formula is C20H27IN6. The Morgan fingerprint density at radius 2 is 2.00 bits per heavy atom. The van der Waals surface area contributed by atoms with Crippen LogP contribution in [0.1, 0.15) is 11.1 Å². The van der Waals surface area contributed by atoms with Gasteiger partial charge in [-0.1, -0.05) is 18.2 Å². The number of rotatable bonds is 6. The Morgan fingerprint density at radius 3 is 2.78 bits per heavy atom. The molecule has 0 radical (unpaired) electrons. The minimum Gasteiger partial charge on any atom is -0.363 e. The minimum atomic E-state index is 0. The first-order valence-corrected chi connectivity index (χ1v) is 8.79. The topological polar surface area (TPSA) is 68.3 Å². The van der Waals surface area contributed by atoms with E-state index in [2.05, 4.69) is 56.1 Å². The largest absolute Gasteiger partial charge is 0.363 e. The SMILES string of the molecule is CN=C(NCCc1c[nH]c2ccccc12)NCc1ccnc(N(C)C)c1.I. The quantitative estimate of drug-likeness (QED) is 0.289. The van der Waals surface area contributed by atoms with Crippen LogP contribution >= 0.6 is 24.0 Å². The Hall–Kier alpha value is -2.29. The summed E-state index contributed by atoms with van der Waals surface area (Å²) in [6.07, 6.45) is 4.85. The molecular weight excluding hydrogens is 451 g/mol. The predicted molar refractivity (Wildman–Crippen MR) is 124 cm³/mol. The van der Waals surface area contributed by atoms with Crippen molar-refractivity contribution in [3.8, 4) is 0 Å². The number of para-hydroxylation sites is 1. The van der Waals surface area contributed by atoms with E-state index in [1.807, 2.05) is 37.3 Å². The Morgan fingerprint density at radius 1 is 1.19 bits per heavy atom. The van der Waals surface area contributed by atoms with E-state index in [1.165, 1.54) is 22.0 Å². The number of pyridine rings is 1. The van der Waals surface area contributed by atoms with E-state index in [1.54, 1.807) is 7.05 Å². The van der Waals surface area contributed by atoms with Crippen molar-refractivity contribution in [2.24, 2.45) is 4.99 Å². The van der Waals surface area contributed by atoms with Gasteiger partial charge in [-0.2, -0.15) is 0 Å². The van der Waals surface area contributed by atoms with Crippen molar-refractivity contribution in [3.05, 3.63) is 59.9 Å². The van der Waals surface area contributed by atoms with Gasteiger partial charge in [-0.3, -0.25) is 4.99 Å². The summed E-state index contributed by atoms with van der Waals surface area (Å²) < 4.78 is 0. The first-order chi connectivity index (χ1) is 12.7. The lowest BCUT2D eigenvalue weighted by atomic mass is 10.1. The first-order valence-electron chi connectivity index (χ1n) is 8.79. The molecule has 0 saturated carbocycles. The smallest absolute Gasteiger partial charge is 0.191 e. The van der Waals surface area contributed by atoms with Crippen molar-refractivity contribution in [1.29, 1.82) is 0 Å². The zero-order chi connectivity index (χ0) is 18.4. The van der Waals surface area contributed by atoms with Crippen LogP contribution in [0.4, 0.5) is 5.82 Å². The van der Waals surface area contributed by atoms with Crippen LogP contribution in [0, 0.1) is 0 Å². The average molecular weight is 478 g/mol. The van der Waals surface area contributed by atoms with Crippen LogP contribution < -0.4 is 15.5 Å². The van der Waals surface area contributed by atoms with Gasteiger partial charge < -0.3 is 20.5 Å². The van der Waals surface area contributed by atoms with Gasteiger partial charge in [0.05, 0.1) is 0 Å². The van der Waals surface area contributed by atoms with E-state index < -0.39 is 0 Å². The van der Waals surface area contributed by atoms with Crippen molar-refractivity contribution in [3.63, 3.8) is 0 Å². The van der Waals surface area contributed by atoms with Crippen molar-refractivity contribution in [1.82, 2.24) is 20.6 Å². The fraction of sp³-hybridized carbons (Fsp3) is 0.300. The summed E-state index contributed by atoms with van der Waals surface area (Å²) in [5.41, 5.74) is 3.66. The monoisotopic (exact) mass is 478 g/mol. The maximum Gasteiger partial charge on any atom is 0.191 e. The second-order valence-electron chi connectivity index (χ2n) is 6.38. The summed E-state index contributed by atoms with van der Waals surface area (Å²) in [6, 6.07) is 12.5. The van der Waals surface area contributed by atoms with E-state index in [9.17, 15) is 0 Å². The van der Waals surface area contributed by atoms with Crippen LogP contribution in [-0.2, 0) is 13.0 Å². The molecule has 2 heterocycles. The molecule has 0 fully saturated rings. The molecule has 0 amide bonds. The molecule has 0 atom stereocenters. The van der Waals surface area contributed by atoms with E-state index in [0.717, 1.165) is 24.7 Å². The van der Waals surface area contributed by atoms with Crippen molar-refractivity contribution in [2.75, 3.05) is 32.6 Å². The molecule has 3 aromatic rings. The highest BCUT2D eigenvalue weighted by Crippen LogP contribution is 2.17. The molecule has 0 saturated heterocycles. The molecule has 3 N–H and O–H groups in total. The molecule has 0 aliphatic carbocycles. The lowest BCUT2D eigenvalue weighted by molar-refractivity contribution is 0.795. The standard InChI is InChI=1S/C20H26N6.HI/c1-21-20(25-13-15-8-10-22-19(12-15)26(2)3)23-11-9-16-14-24-18-7-5-4-6-17(16)18;/h4-8,10,12,14,24H,9,11,13H2,1-3H3,(H2,21,23,25);1H. The molecule has 144 valence electrons. The normalized spacial score (nSPS) is 11.1. The van der Waals surface area contributed by atoms with Gasteiger partial charge in [0.25, 0.3) is 0 Å². The number of halogens is 1. The van der Waals surface area contributed by atoms with Crippen LogP contribution in [0.15, 0.2) is 53.8 Å². The summed E-state index contributed by atoms with van der Waals surface area (Å²) in [5, 5.41) is 8.02. The molecule has 6 nitrogen and oxygen atoms in total. The van der Waals surface area contributed by atoms with Gasteiger partial charge in [-0.25, -0.2) is 4.98 Å². The fourth-order valence-corrected chi connectivity index (χ4v) is 2.88. The van der Waals surface area contributed by atoms with Crippen LogP contribution in [0.3, 0.4) is 0 Å². The number of aliphatic imine (C=N–C) groups is 1. The van der Waals surface area contributed by atoms with Crippen LogP contribution in [0.25, 0.3) is 10.9 Å². The van der Waals surface area contributed by atoms with Gasteiger partial charge in [0.1, 0.15) is 5.82 Å². The van der Waals surface area contributed by atoms with E-state index >= 15 is 0 Å². The Balaban J connectivity index is 0.00000261. The maximum atomic E-state index is 4.34. The summed E-state index contributed by atoms with van der Waals surface area (Å²) >= 11 is 0. The number of guanidine groups is 1. The summed E-state index contributed by atoms with van der Waals surface area (Å²) in [7, 11) is 5.77. The number of nitrogens with zero attached hydrogens (tertiary/aromatic N) is 3. The Labute approximate surface area is 177 Å². The third-order valence-electron chi connectivity index (χ3n) is 4.31. The number of anilines is 1. The number of H-pyrrole nitrogens is 1. The molecule has 0 unspecified atom stereocenters. The first kappa shape index (κ1) is 21.0. The lowest BCUT2D eigenvalue weighted by Gasteiger charge is -2.14. The van der Waals surface area contributed by atoms with Crippen LogP contribution in [0.5, 0.6) is 0 Å². The second kappa shape index (κ2) is 10.1. The number of fused-ring (bicyclic) bond motifs is 1. The van der Waals surface area contributed by atoms with Crippen LogP contribution in [-0.4, -0.2) is 43.6 Å². The predicted octanol–water partition coefficient (Wildman–Crippen LogP) is 3.15. The van der Waals surface area contributed by atoms with Crippen molar-refractivity contribution < 1.29 is 0 Å². The molecule has 0 aliphatic rings. The van der Waals surface area contributed by atoms with Gasteiger partial charge in [-0.15, -0.1) is 24.0 Å². The Kier molecular flexibility index (Phi) is 7.90. The number of aromatic nitrogens is 2. The molecule has 1 aromatic carbocycles. The highest BCUT2D eigenvalue weighted by molar-refractivity contribution is 14.0. The Bertz CT molecular complexity index is 887. The molecule has 2 aromatic heterocycles. The minimum absolute atomic E-state index is 0. The maximum absolute atomic E-state index is 4.34. The lowest BCUT2D eigenvalue weighted by Crippen LogP contribution is -2.37. The zero-order valence-corrected chi connectivity index (χ0v) is 18.3. The molecule has 27 heavy (non-hydrogen) atoms. The van der Waals surface area contributed by atoms with Gasteiger partial charge in [0, 0.05) is 57.5 Å². The van der Waals surface area contributed by atoms with Gasteiger partial charge >= 0.3 is 0 Å². The third kappa shape index (κ3) is 5.59. The van der Waals surface area contributed by atoms with Crippen LogP contribution in [0.2, 0.25) is 0 Å². The average Bonchev–Trinajstić information content (AvgIpc) is 3.08. The molecule has 0 spiro atoms. The number of benzene rings is 1. The van der Waals surface area contributed by atoms with Gasteiger partial charge in [-0.05, 0) is 35.7 Å². The third-order valence-corrected chi connectivity index (χ3v) is 4.31. The molecule has 3 rings (SSSR count). The van der Waals surface area contributed by atoms with E-state index in [0.29, 0.717) is 6.54 Å². The number of nitrogens with one attached hydrogen (secondary N) is 3. The van der Waals surface area contributed by atoms with E-state index in [-0.39, 0.29) is 24.0 Å². The summed E-state index contributed by atoms with van der Waals surface area (Å²) in [4.78, 5) is 14.0. The van der Waals surface area contributed by atoms with Crippen molar-refractivity contribution >= 4 is 46.7 Å². The number of hydrogen-bond acceptors (Lipinski definition) is 3. The summed E-state index contributed by atoms with van der Waals surface area (Å²) in [5.74, 6) is 1.75. The zero-order valence-electron chi connectivity index (χ0n) is 16.0. The van der Waals surface area contributed by atoms with Crippen molar-refractivity contribution in [2.45, 2.75) is 13.0 Å². The molecule has 7 heteroatoms. The molecule has 0 aliphatic heterocycles. The van der Waals surface area contributed by atoms with E-state index in [4.69, 9.17) is 0 Å². The number of aromatic amines is 1.